The van der Waals surface area contributed by atoms with Crippen molar-refractivity contribution in [3.8, 4) is 0 Å². The van der Waals surface area contributed by atoms with Crippen molar-refractivity contribution in [1.82, 2.24) is 4.98 Å². The number of aromatic nitrogens is 1. The second kappa shape index (κ2) is 2.45. The fraction of sp³-hybridized carbons (Fsp3) is 0.375. The lowest BCUT2D eigenvalue weighted by Crippen LogP contribution is -1.90. The van der Waals surface area contributed by atoms with Crippen molar-refractivity contribution in [2.75, 3.05) is 0 Å². The number of hydrogen-bond acceptors (Lipinski definition) is 1. The van der Waals surface area contributed by atoms with Crippen LogP contribution in [0.4, 0.5) is 4.39 Å². The average molecular weight is 172 g/mol. The van der Waals surface area contributed by atoms with Crippen LogP contribution in [0.1, 0.15) is 23.1 Å². The smallest absolute Gasteiger partial charge is 0.141 e. The van der Waals surface area contributed by atoms with E-state index in [2.05, 4.69) is 4.98 Å². The maximum Gasteiger partial charge on any atom is 0.141 e. The molecule has 1 aromatic heterocycles. The number of fused-ring (bicyclic) bond motifs is 1. The Balaban J connectivity index is 2.50. The Morgan fingerprint density at radius 1 is 1.64 bits per heavy atom. The van der Waals surface area contributed by atoms with E-state index in [9.17, 15) is 4.39 Å². The van der Waals surface area contributed by atoms with Gasteiger partial charge >= 0.3 is 0 Å². The molecular weight excluding hydrogens is 165 g/mol. The van der Waals surface area contributed by atoms with Crippen molar-refractivity contribution in [3.63, 3.8) is 0 Å². The highest BCUT2D eigenvalue weighted by Crippen LogP contribution is 2.34. The fourth-order valence-electron chi connectivity index (χ4n) is 1.39. The lowest BCUT2D eigenvalue weighted by atomic mass is 10.2. The normalized spacial score (nSPS) is 21.8. The molecule has 2 rings (SSSR count). The van der Waals surface area contributed by atoms with E-state index in [1.807, 2.05) is 0 Å². The molecule has 58 valence electrons. The highest BCUT2D eigenvalue weighted by molar-refractivity contribution is 6.21. The number of nitrogens with zero attached hydrogens (tertiary/aromatic N) is 1. The zero-order valence-corrected chi connectivity index (χ0v) is 6.61. The van der Waals surface area contributed by atoms with Gasteiger partial charge in [-0.25, -0.2) is 4.39 Å². The van der Waals surface area contributed by atoms with Crippen molar-refractivity contribution in [3.05, 3.63) is 29.3 Å². The number of aryl methyl sites for hydroxylation is 1. The molecule has 1 heterocycles. The maximum atomic E-state index is 12.6. The fourth-order valence-corrected chi connectivity index (χ4v) is 1.70. The van der Waals surface area contributed by atoms with Crippen LogP contribution in [0, 0.1) is 5.82 Å². The molecule has 0 spiro atoms. The molecule has 1 aromatic rings. The highest BCUT2D eigenvalue weighted by atomic mass is 35.5. The number of halogens is 2. The second-order valence-electron chi connectivity index (χ2n) is 2.70. The van der Waals surface area contributed by atoms with Gasteiger partial charge in [0, 0.05) is 0 Å². The summed E-state index contributed by atoms with van der Waals surface area (Å²) in [6.45, 7) is 0. The van der Waals surface area contributed by atoms with E-state index in [-0.39, 0.29) is 11.2 Å². The number of rotatable bonds is 0. The summed E-state index contributed by atoms with van der Waals surface area (Å²) < 4.78 is 12.6. The third kappa shape index (κ3) is 1.11. The molecule has 0 amide bonds. The predicted octanol–water partition coefficient (Wildman–Crippen LogP) is 2.45. The summed E-state index contributed by atoms with van der Waals surface area (Å²) in [6.07, 6.45) is 2.96. The molecule has 0 aromatic carbocycles. The maximum absolute atomic E-state index is 12.6. The Morgan fingerprint density at radius 3 is 3.27 bits per heavy atom. The zero-order valence-electron chi connectivity index (χ0n) is 5.85. The molecule has 1 nitrogen and oxygen atoms in total. The van der Waals surface area contributed by atoms with E-state index < -0.39 is 0 Å². The molecule has 0 aliphatic heterocycles. The molecule has 3 heteroatoms. The van der Waals surface area contributed by atoms with Crippen molar-refractivity contribution in [1.29, 1.82) is 0 Å². The van der Waals surface area contributed by atoms with E-state index in [1.165, 1.54) is 12.3 Å². The third-order valence-corrected chi connectivity index (χ3v) is 2.36. The van der Waals surface area contributed by atoms with Gasteiger partial charge in [0.25, 0.3) is 0 Å². The zero-order chi connectivity index (χ0) is 7.84. The van der Waals surface area contributed by atoms with E-state index in [1.54, 1.807) is 0 Å². The summed E-state index contributed by atoms with van der Waals surface area (Å²) in [7, 11) is 0. The van der Waals surface area contributed by atoms with E-state index >= 15 is 0 Å². The molecule has 0 N–H and O–H groups in total. The van der Waals surface area contributed by atoms with Gasteiger partial charge in [-0.2, -0.15) is 0 Å². The molecule has 0 bridgehead atoms. The molecule has 11 heavy (non-hydrogen) atoms. The predicted molar refractivity (Wildman–Crippen MR) is 41.1 cm³/mol. The van der Waals surface area contributed by atoms with Crippen molar-refractivity contribution < 1.29 is 4.39 Å². The number of pyridine rings is 1. The van der Waals surface area contributed by atoms with Gasteiger partial charge in [-0.1, -0.05) is 0 Å². The van der Waals surface area contributed by atoms with Crippen LogP contribution in [-0.4, -0.2) is 4.98 Å². The van der Waals surface area contributed by atoms with Crippen LogP contribution in [0.5, 0.6) is 0 Å². The van der Waals surface area contributed by atoms with Gasteiger partial charge in [0.2, 0.25) is 0 Å². The first-order valence-electron chi connectivity index (χ1n) is 3.56. The lowest BCUT2D eigenvalue weighted by Gasteiger charge is -1.99. The molecule has 1 atom stereocenters. The first-order valence-corrected chi connectivity index (χ1v) is 3.99. The summed E-state index contributed by atoms with van der Waals surface area (Å²) in [4.78, 5) is 3.93. The molecule has 0 fully saturated rings. The first kappa shape index (κ1) is 7.04. The van der Waals surface area contributed by atoms with E-state index in [0.29, 0.717) is 0 Å². The summed E-state index contributed by atoms with van der Waals surface area (Å²) >= 11 is 5.91. The van der Waals surface area contributed by atoms with Crippen LogP contribution in [0.25, 0.3) is 0 Å². The van der Waals surface area contributed by atoms with Crippen molar-refractivity contribution in [2.45, 2.75) is 18.2 Å². The molecule has 0 radical (unpaired) electrons. The van der Waals surface area contributed by atoms with Crippen molar-refractivity contribution >= 4 is 11.6 Å². The van der Waals surface area contributed by atoms with Gasteiger partial charge in [-0.15, -0.1) is 11.6 Å². The number of hydrogen-bond donors (Lipinski definition) is 0. The first-order chi connectivity index (χ1) is 5.27. The molecule has 1 aliphatic rings. The van der Waals surface area contributed by atoms with Gasteiger partial charge in [0.1, 0.15) is 5.82 Å². The van der Waals surface area contributed by atoms with Crippen LogP contribution in [0.3, 0.4) is 0 Å². The molecule has 0 saturated heterocycles. The van der Waals surface area contributed by atoms with Crippen LogP contribution < -0.4 is 0 Å². The molecular formula is C8H7ClFN. The van der Waals surface area contributed by atoms with Crippen LogP contribution in [-0.2, 0) is 6.42 Å². The number of alkyl halides is 1. The topological polar surface area (TPSA) is 12.9 Å². The largest absolute Gasteiger partial charge is 0.256 e. The van der Waals surface area contributed by atoms with Crippen molar-refractivity contribution in [2.24, 2.45) is 0 Å². The minimum Gasteiger partial charge on any atom is -0.256 e. The van der Waals surface area contributed by atoms with Gasteiger partial charge in [-0.3, -0.25) is 4.98 Å². The summed E-state index contributed by atoms with van der Waals surface area (Å²) in [6, 6.07) is 1.52. The average Bonchev–Trinajstić information content (AvgIpc) is 2.32. The molecule has 0 saturated carbocycles. The van der Waals surface area contributed by atoms with Gasteiger partial charge < -0.3 is 0 Å². The quantitative estimate of drug-likeness (QED) is 0.547. The Labute approximate surface area is 69.2 Å². The van der Waals surface area contributed by atoms with Gasteiger partial charge in [0.05, 0.1) is 17.3 Å². The monoisotopic (exact) mass is 171 g/mol. The Kier molecular flexibility index (Phi) is 1.57. The SMILES string of the molecule is Fc1cnc2c(c1)CCC2Cl. The van der Waals surface area contributed by atoms with Gasteiger partial charge in [-0.05, 0) is 24.5 Å². The van der Waals surface area contributed by atoms with Gasteiger partial charge in [0.15, 0.2) is 0 Å². The molecule has 1 unspecified atom stereocenters. The van der Waals surface area contributed by atoms with Crippen LogP contribution in [0.15, 0.2) is 12.3 Å². The summed E-state index contributed by atoms with van der Waals surface area (Å²) in [5, 5.41) is -0.00870. The summed E-state index contributed by atoms with van der Waals surface area (Å²) in [5.74, 6) is -0.269. The van der Waals surface area contributed by atoms with Crippen LogP contribution >= 0.6 is 11.6 Å². The Hall–Kier alpha value is -0.630. The standard InChI is InChI=1S/C8H7ClFN/c9-7-2-1-5-3-6(10)4-11-8(5)7/h3-4,7H,1-2H2. The Morgan fingerprint density at radius 2 is 2.45 bits per heavy atom. The minimum absolute atomic E-state index is 0.00870. The highest BCUT2D eigenvalue weighted by Gasteiger charge is 2.21. The van der Waals surface area contributed by atoms with Crippen LogP contribution in [0.2, 0.25) is 0 Å². The third-order valence-electron chi connectivity index (χ3n) is 1.93. The second-order valence-corrected chi connectivity index (χ2v) is 3.23. The van der Waals surface area contributed by atoms with E-state index in [0.717, 1.165) is 24.1 Å². The minimum atomic E-state index is -0.269. The lowest BCUT2D eigenvalue weighted by molar-refractivity contribution is 0.618. The van der Waals surface area contributed by atoms with E-state index in [4.69, 9.17) is 11.6 Å². The summed E-state index contributed by atoms with van der Waals surface area (Å²) in [5.41, 5.74) is 1.82. The Bertz CT molecular complexity index is 287. The molecule has 1 aliphatic carbocycles.